The van der Waals surface area contributed by atoms with Crippen LogP contribution in [0.25, 0.3) is 22.2 Å². The van der Waals surface area contributed by atoms with Crippen LogP contribution in [0.1, 0.15) is 37.3 Å². The third kappa shape index (κ3) is 3.36. The third-order valence-corrected chi connectivity index (χ3v) is 5.56. The summed E-state index contributed by atoms with van der Waals surface area (Å²) in [5.74, 6) is 0.742. The molecular formula is C23H21N3O4. The Balaban J connectivity index is 1.60. The number of nitrogens with zero attached hydrogens (tertiary/aromatic N) is 2. The fraction of sp³-hybridized carbons (Fsp3) is 0.304. The Bertz CT molecular complexity index is 1150. The minimum atomic E-state index is -1.11. The van der Waals surface area contributed by atoms with Crippen LogP contribution in [-0.2, 0) is 4.74 Å². The zero-order valence-corrected chi connectivity index (χ0v) is 16.3. The van der Waals surface area contributed by atoms with E-state index in [9.17, 15) is 10.1 Å². The van der Waals surface area contributed by atoms with Crippen LogP contribution in [0.3, 0.4) is 0 Å². The third-order valence-electron chi connectivity index (χ3n) is 5.56. The monoisotopic (exact) mass is 403 g/mol. The Hall–Kier alpha value is -3.50. The molecule has 1 saturated carbocycles. The maximum absolute atomic E-state index is 10.9. The number of carbonyl (C=O) groups is 1. The van der Waals surface area contributed by atoms with Crippen LogP contribution in [0.2, 0.25) is 0 Å². The Morgan fingerprint density at radius 2 is 2.00 bits per heavy atom. The van der Waals surface area contributed by atoms with Crippen molar-refractivity contribution in [2.45, 2.75) is 38.0 Å². The summed E-state index contributed by atoms with van der Waals surface area (Å²) in [5.41, 5.74) is 3.84. The minimum absolute atomic E-state index is 0.212. The van der Waals surface area contributed by atoms with E-state index < -0.39 is 6.09 Å². The number of aromatic nitrogens is 1. The van der Waals surface area contributed by atoms with E-state index >= 15 is 0 Å². The van der Waals surface area contributed by atoms with E-state index in [1.54, 1.807) is 12.1 Å². The van der Waals surface area contributed by atoms with Gasteiger partial charge in [-0.3, -0.25) is 5.32 Å². The van der Waals surface area contributed by atoms with Crippen LogP contribution in [0.4, 0.5) is 10.5 Å². The van der Waals surface area contributed by atoms with Gasteiger partial charge in [0.1, 0.15) is 11.8 Å². The van der Waals surface area contributed by atoms with Crippen molar-refractivity contribution in [2.75, 3.05) is 11.9 Å². The second-order valence-corrected chi connectivity index (χ2v) is 7.68. The van der Waals surface area contributed by atoms with Gasteiger partial charge in [-0.05, 0) is 49.1 Å². The van der Waals surface area contributed by atoms with E-state index in [1.165, 1.54) is 0 Å². The average Bonchev–Trinajstić information content (AvgIpc) is 3.34. The molecule has 1 aromatic heterocycles. The molecule has 0 radical (unpaired) electrons. The molecular weight excluding hydrogens is 382 g/mol. The smallest absolute Gasteiger partial charge is 0.409 e. The second-order valence-electron chi connectivity index (χ2n) is 7.68. The summed E-state index contributed by atoms with van der Waals surface area (Å²) >= 11 is 0. The number of rotatable bonds is 5. The molecule has 3 aromatic rings. The first-order valence-corrected chi connectivity index (χ1v) is 10.1. The predicted molar refractivity (Wildman–Crippen MR) is 112 cm³/mol. The summed E-state index contributed by atoms with van der Waals surface area (Å²) in [4.78, 5) is 10.9. The van der Waals surface area contributed by atoms with Gasteiger partial charge in [0.25, 0.3) is 0 Å². The second kappa shape index (κ2) is 7.39. The van der Waals surface area contributed by atoms with Crippen molar-refractivity contribution < 1.29 is 19.4 Å². The van der Waals surface area contributed by atoms with Crippen molar-refractivity contribution in [3.8, 4) is 23.1 Å². The van der Waals surface area contributed by atoms with Gasteiger partial charge < -0.3 is 19.1 Å². The lowest BCUT2D eigenvalue weighted by molar-refractivity contribution is -0.0389. The van der Waals surface area contributed by atoms with Crippen LogP contribution in [0.15, 0.2) is 42.5 Å². The molecule has 1 aliphatic heterocycles. The molecule has 0 bridgehead atoms. The fourth-order valence-corrected chi connectivity index (χ4v) is 4.10. The van der Waals surface area contributed by atoms with Crippen LogP contribution in [0, 0.1) is 11.3 Å². The van der Waals surface area contributed by atoms with Crippen molar-refractivity contribution in [3.05, 3.63) is 48.0 Å². The normalized spacial score (nSPS) is 18.3. The zero-order valence-electron chi connectivity index (χ0n) is 16.3. The van der Waals surface area contributed by atoms with E-state index in [1.807, 2.05) is 30.3 Å². The maximum atomic E-state index is 10.9. The van der Waals surface area contributed by atoms with Crippen LogP contribution in [0.5, 0.6) is 5.75 Å². The molecule has 1 amide bonds. The van der Waals surface area contributed by atoms with Crippen molar-refractivity contribution in [3.63, 3.8) is 0 Å². The lowest BCUT2D eigenvalue weighted by Gasteiger charge is -2.14. The number of hydrogen-bond acceptors (Lipinski definition) is 4. The summed E-state index contributed by atoms with van der Waals surface area (Å²) in [6.07, 6.45) is 2.70. The number of ether oxygens (including phenoxy) is 2. The number of fused-ring (bicyclic) bond motifs is 1. The van der Waals surface area contributed by atoms with Crippen molar-refractivity contribution in [1.82, 2.24) is 4.57 Å². The van der Waals surface area contributed by atoms with Gasteiger partial charge in [-0.2, -0.15) is 5.26 Å². The summed E-state index contributed by atoms with van der Waals surface area (Å²) in [6, 6.07) is 15.7. The SMILES string of the molecule is N#Cc1c(-c2ccc(NC(=O)O)cc2)n(C2CC2)c2cc(OC3CCCO3)ccc12. The molecule has 30 heavy (non-hydrogen) atoms. The molecule has 1 aliphatic carbocycles. The van der Waals surface area contributed by atoms with Gasteiger partial charge in [0, 0.05) is 29.6 Å². The first-order chi connectivity index (χ1) is 14.6. The number of nitrogens with one attached hydrogen (secondary N) is 1. The Morgan fingerprint density at radius 1 is 1.20 bits per heavy atom. The van der Waals surface area contributed by atoms with Gasteiger partial charge in [-0.15, -0.1) is 0 Å². The van der Waals surface area contributed by atoms with Crippen molar-refractivity contribution >= 4 is 22.7 Å². The van der Waals surface area contributed by atoms with Crippen molar-refractivity contribution in [2.24, 2.45) is 0 Å². The molecule has 152 valence electrons. The maximum Gasteiger partial charge on any atom is 0.409 e. The average molecular weight is 403 g/mol. The molecule has 2 fully saturated rings. The van der Waals surface area contributed by atoms with Crippen LogP contribution >= 0.6 is 0 Å². The first-order valence-electron chi connectivity index (χ1n) is 10.1. The molecule has 2 aliphatic rings. The van der Waals surface area contributed by atoms with Gasteiger partial charge in [-0.25, -0.2) is 4.79 Å². The largest absolute Gasteiger partial charge is 0.465 e. The molecule has 7 nitrogen and oxygen atoms in total. The summed E-state index contributed by atoms with van der Waals surface area (Å²) in [5, 5.41) is 22.1. The molecule has 2 aromatic carbocycles. The first kappa shape index (κ1) is 18.5. The van der Waals surface area contributed by atoms with Crippen molar-refractivity contribution in [1.29, 1.82) is 5.26 Å². The lowest BCUT2D eigenvalue weighted by atomic mass is 10.1. The Labute approximate surface area is 173 Å². The Kier molecular flexibility index (Phi) is 4.57. The van der Waals surface area contributed by atoms with Gasteiger partial charge in [0.15, 0.2) is 6.29 Å². The molecule has 1 saturated heterocycles. The van der Waals surface area contributed by atoms with Gasteiger partial charge in [-0.1, -0.05) is 12.1 Å². The topological polar surface area (TPSA) is 96.5 Å². The van der Waals surface area contributed by atoms with E-state index in [-0.39, 0.29) is 6.29 Å². The number of carboxylic acid groups (broad SMARTS) is 1. The highest BCUT2D eigenvalue weighted by molar-refractivity contribution is 5.96. The highest BCUT2D eigenvalue weighted by Gasteiger charge is 2.31. The van der Waals surface area contributed by atoms with Gasteiger partial charge in [0.2, 0.25) is 0 Å². The summed E-state index contributed by atoms with van der Waals surface area (Å²) in [7, 11) is 0. The summed E-state index contributed by atoms with van der Waals surface area (Å²) in [6.45, 7) is 0.723. The van der Waals surface area contributed by atoms with Gasteiger partial charge >= 0.3 is 6.09 Å². The minimum Gasteiger partial charge on any atom is -0.465 e. The molecule has 1 atom stereocenters. The fourth-order valence-electron chi connectivity index (χ4n) is 4.10. The predicted octanol–water partition coefficient (Wildman–Crippen LogP) is 5.12. The number of benzene rings is 2. The van der Waals surface area contributed by atoms with E-state index in [4.69, 9.17) is 14.6 Å². The van der Waals surface area contributed by atoms with E-state index in [0.717, 1.165) is 60.2 Å². The Morgan fingerprint density at radius 3 is 2.63 bits per heavy atom. The molecule has 2 heterocycles. The highest BCUT2D eigenvalue weighted by Crippen LogP contribution is 2.45. The standard InChI is InChI=1S/C23H21N3O4/c24-13-19-18-10-9-17(30-21-2-1-11-29-21)12-20(18)26(16-7-8-16)22(19)14-3-5-15(6-4-14)25-23(27)28/h3-6,9-10,12,16,21,25H,1-2,7-8,11H2,(H,27,28). The molecule has 5 rings (SSSR count). The number of nitriles is 1. The highest BCUT2D eigenvalue weighted by atomic mass is 16.7. The van der Waals surface area contributed by atoms with E-state index in [0.29, 0.717) is 17.3 Å². The van der Waals surface area contributed by atoms with Crippen LogP contribution in [-0.4, -0.2) is 28.7 Å². The van der Waals surface area contributed by atoms with E-state index in [2.05, 4.69) is 16.0 Å². The molecule has 2 N–H and O–H groups in total. The molecule has 7 heteroatoms. The zero-order chi connectivity index (χ0) is 20.7. The number of anilines is 1. The molecule has 0 spiro atoms. The lowest BCUT2D eigenvalue weighted by Crippen LogP contribution is -2.13. The number of amides is 1. The summed E-state index contributed by atoms with van der Waals surface area (Å²) < 4.78 is 13.8. The van der Waals surface area contributed by atoms with Gasteiger partial charge in [0.05, 0.1) is 23.4 Å². The quantitative estimate of drug-likeness (QED) is 0.616. The van der Waals surface area contributed by atoms with Crippen LogP contribution < -0.4 is 10.1 Å². The number of hydrogen-bond donors (Lipinski definition) is 2. The molecule has 1 unspecified atom stereocenters.